The standard InChI is InChI=1S/C10H14BrNOS/c1-3-5-12(2)7-9(13)10-8(11)4-6-14-10/h4,6H,3,5,7H2,1-2H3. The Balaban J connectivity index is 2.55. The van der Waals surface area contributed by atoms with Crippen LogP contribution in [0.2, 0.25) is 0 Å². The van der Waals surface area contributed by atoms with Crippen LogP contribution < -0.4 is 0 Å². The van der Waals surface area contributed by atoms with Gasteiger partial charge in [0.25, 0.3) is 0 Å². The van der Waals surface area contributed by atoms with E-state index < -0.39 is 0 Å². The monoisotopic (exact) mass is 275 g/mol. The second-order valence-corrected chi connectivity index (χ2v) is 5.03. The molecule has 0 atom stereocenters. The molecule has 0 bridgehead atoms. The highest BCUT2D eigenvalue weighted by Crippen LogP contribution is 2.23. The Labute approximate surface area is 97.1 Å². The number of thiophene rings is 1. The summed E-state index contributed by atoms with van der Waals surface area (Å²) in [6, 6.07) is 1.91. The van der Waals surface area contributed by atoms with E-state index in [4.69, 9.17) is 0 Å². The molecule has 2 nitrogen and oxygen atoms in total. The molecule has 0 aromatic carbocycles. The number of carbonyl (C=O) groups excluding carboxylic acids is 1. The maximum Gasteiger partial charge on any atom is 0.187 e. The van der Waals surface area contributed by atoms with Crippen LogP contribution in [0.4, 0.5) is 0 Å². The van der Waals surface area contributed by atoms with Crippen molar-refractivity contribution in [2.45, 2.75) is 13.3 Å². The summed E-state index contributed by atoms with van der Waals surface area (Å²) in [7, 11) is 1.98. The van der Waals surface area contributed by atoms with Crippen molar-refractivity contribution in [3.05, 3.63) is 20.8 Å². The zero-order valence-electron chi connectivity index (χ0n) is 8.42. The van der Waals surface area contributed by atoms with E-state index in [0.29, 0.717) is 6.54 Å². The quantitative estimate of drug-likeness (QED) is 0.770. The van der Waals surface area contributed by atoms with E-state index in [1.54, 1.807) is 0 Å². The lowest BCUT2D eigenvalue weighted by Crippen LogP contribution is -2.26. The van der Waals surface area contributed by atoms with Crippen molar-refractivity contribution in [1.29, 1.82) is 0 Å². The smallest absolute Gasteiger partial charge is 0.187 e. The van der Waals surface area contributed by atoms with Gasteiger partial charge in [-0.1, -0.05) is 6.92 Å². The van der Waals surface area contributed by atoms with Crippen molar-refractivity contribution < 1.29 is 4.79 Å². The second-order valence-electron chi connectivity index (χ2n) is 3.26. The molecule has 0 aliphatic rings. The summed E-state index contributed by atoms with van der Waals surface area (Å²) in [5.74, 6) is 0.197. The number of ketones is 1. The number of nitrogens with zero attached hydrogens (tertiary/aromatic N) is 1. The van der Waals surface area contributed by atoms with Crippen LogP contribution in [0.1, 0.15) is 23.0 Å². The molecule has 0 fully saturated rings. The number of rotatable bonds is 5. The molecule has 0 spiro atoms. The van der Waals surface area contributed by atoms with Crippen molar-refractivity contribution in [2.24, 2.45) is 0 Å². The van der Waals surface area contributed by atoms with E-state index in [1.807, 2.05) is 18.5 Å². The van der Waals surface area contributed by atoms with E-state index in [9.17, 15) is 4.79 Å². The zero-order valence-corrected chi connectivity index (χ0v) is 10.8. The van der Waals surface area contributed by atoms with E-state index in [1.165, 1.54) is 11.3 Å². The molecule has 0 saturated carbocycles. The van der Waals surface area contributed by atoms with E-state index >= 15 is 0 Å². The largest absolute Gasteiger partial charge is 0.299 e. The van der Waals surface area contributed by atoms with Gasteiger partial charge in [-0.3, -0.25) is 9.69 Å². The maximum absolute atomic E-state index is 11.8. The third-order valence-electron chi connectivity index (χ3n) is 1.89. The molecule has 0 N–H and O–H groups in total. The predicted octanol–water partition coefficient (Wildman–Crippen LogP) is 3.04. The molecule has 0 radical (unpaired) electrons. The second kappa shape index (κ2) is 5.63. The summed E-state index contributed by atoms with van der Waals surface area (Å²) < 4.78 is 0.914. The van der Waals surface area contributed by atoms with Crippen LogP contribution >= 0.6 is 27.3 Å². The van der Waals surface area contributed by atoms with Crippen LogP contribution in [0.25, 0.3) is 0 Å². The van der Waals surface area contributed by atoms with Crippen LogP contribution in [0.3, 0.4) is 0 Å². The number of Topliss-reactive ketones (excluding diaryl/α,β-unsaturated/α-hetero) is 1. The lowest BCUT2D eigenvalue weighted by Gasteiger charge is -2.13. The first-order valence-electron chi connectivity index (χ1n) is 4.60. The summed E-state index contributed by atoms with van der Waals surface area (Å²) in [5, 5.41) is 1.93. The summed E-state index contributed by atoms with van der Waals surface area (Å²) in [5.41, 5.74) is 0. The maximum atomic E-state index is 11.8. The van der Waals surface area contributed by atoms with Gasteiger partial charge < -0.3 is 0 Å². The molecular formula is C10H14BrNOS. The topological polar surface area (TPSA) is 20.3 Å². The highest BCUT2D eigenvalue weighted by molar-refractivity contribution is 9.10. The van der Waals surface area contributed by atoms with Crippen LogP contribution in [0, 0.1) is 0 Å². The Hall–Kier alpha value is -0.190. The van der Waals surface area contributed by atoms with Gasteiger partial charge in [-0.25, -0.2) is 0 Å². The third-order valence-corrected chi connectivity index (χ3v) is 3.77. The molecule has 1 aromatic heterocycles. The average Bonchev–Trinajstić information content (AvgIpc) is 2.51. The van der Waals surface area contributed by atoms with Gasteiger partial charge in [-0.2, -0.15) is 0 Å². The fraction of sp³-hybridized carbons (Fsp3) is 0.500. The van der Waals surface area contributed by atoms with Crippen molar-refractivity contribution in [1.82, 2.24) is 4.90 Å². The Kier molecular flexibility index (Phi) is 4.78. The minimum Gasteiger partial charge on any atom is -0.299 e. The fourth-order valence-corrected chi connectivity index (χ4v) is 2.80. The van der Waals surface area contributed by atoms with Gasteiger partial charge in [0.2, 0.25) is 0 Å². The number of hydrogen-bond acceptors (Lipinski definition) is 3. The Morgan fingerprint density at radius 2 is 2.36 bits per heavy atom. The zero-order chi connectivity index (χ0) is 10.6. The molecule has 4 heteroatoms. The first-order valence-corrected chi connectivity index (χ1v) is 6.27. The molecule has 1 aromatic rings. The fourth-order valence-electron chi connectivity index (χ4n) is 1.27. The van der Waals surface area contributed by atoms with Crippen LogP contribution in [0.5, 0.6) is 0 Å². The highest BCUT2D eigenvalue weighted by Gasteiger charge is 2.12. The van der Waals surface area contributed by atoms with Gasteiger partial charge in [0, 0.05) is 4.47 Å². The van der Waals surface area contributed by atoms with E-state index in [2.05, 4.69) is 27.8 Å². The lowest BCUT2D eigenvalue weighted by molar-refractivity contribution is 0.0950. The Morgan fingerprint density at radius 1 is 1.64 bits per heavy atom. The normalized spacial score (nSPS) is 10.9. The van der Waals surface area contributed by atoms with Gasteiger partial charge in [-0.05, 0) is 47.4 Å². The van der Waals surface area contributed by atoms with Crippen molar-refractivity contribution in [3.63, 3.8) is 0 Å². The Bertz CT molecular complexity index is 311. The van der Waals surface area contributed by atoms with Crippen molar-refractivity contribution in [2.75, 3.05) is 20.1 Å². The predicted molar refractivity (Wildman–Crippen MR) is 64.1 cm³/mol. The Morgan fingerprint density at radius 3 is 2.86 bits per heavy atom. The number of halogens is 1. The SMILES string of the molecule is CCCN(C)CC(=O)c1sccc1Br. The summed E-state index contributed by atoms with van der Waals surface area (Å²) >= 11 is 4.86. The van der Waals surface area contributed by atoms with E-state index in [0.717, 1.165) is 22.3 Å². The number of hydrogen-bond donors (Lipinski definition) is 0. The molecule has 1 rings (SSSR count). The first-order chi connectivity index (χ1) is 6.65. The van der Waals surface area contributed by atoms with Gasteiger partial charge in [0.05, 0.1) is 11.4 Å². The minimum absolute atomic E-state index is 0.197. The van der Waals surface area contributed by atoms with Gasteiger partial charge in [0.1, 0.15) is 0 Å². The molecule has 0 saturated heterocycles. The number of likely N-dealkylation sites (N-methyl/N-ethyl adjacent to an activating group) is 1. The highest BCUT2D eigenvalue weighted by atomic mass is 79.9. The summed E-state index contributed by atoms with van der Waals surface area (Å²) in [6.45, 7) is 3.59. The van der Waals surface area contributed by atoms with Gasteiger partial charge in [-0.15, -0.1) is 11.3 Å². The van der Waals surface area contributed by atoms with Crippen molar-refractivity contribution in [3.8, 4) is 0 Å². The molecular weight excluding hydrogens is 262 g/mol. The molecule has 0 aliphatic heterocycles. The van der Waals surface area contributed by atoms with Crippen LogP contribution in [-0.2, 0) is 0 Å². The van der Waals surface area contributed by atoms with Gasteiger partial charge >= 0.3 is 0 Å². The molecule has 1 heterocycles. The molecule has 14 heavy (non-hydrogen) atoms. The first kappa shape index (κ1) is 11.9. The average molecular weight is 276 g/mol. The molecule has 0 amide bonds. The van der Waals surface area contributed by atoms with E-state index in [-0.39, 0.29) is 5.78 Å². The van der Waals surface area contributed by atoms with Crippen molar-refractivity contribution >= 4 is 33.0 Å². The summed E-state index contributed by atoms with van der Waals surface area (Å²) in [6.07, 6.45) is 1.08. The van der Waals surface area contributed by atoms with Gasteiger partial charge in [0.15, 0.2) is 5.78 Å². The third kappa shape index (κ3) is 3.19. The van der Waals surface area contributed by atoms with Crippen LogP contribution in [-0.4, -0.2) is 30.8 Å². The minimum atomic E-state index is 0.197. The number of carbonyl (C=O) groups is 1. The molecule has 0 unspecified atom stereocenters. The summed E-state index contributed by atoms with van der Waals surface area (Å²) in [4.78, 5) is 14.6. The van der Waals surface area contributed by atoms with Crippen LogP contribution in [0.15, 0.2) is 15.9 Å². The molecule has 78 valence electrons. The lowest BCUT2D eigenvalue weighted by atomic mass is 10.3. The molecule has 0 aliphatic carbocycles.